The Morgan fingerprint density at radius 2 is 2.27 bits per heavy atom. The van der Waals surface area contributed by atoms with E-state index in [4.69, 9.17) is 10.7 Å². The highest BCUT2D eigenvalue weighted by Crippen LogP contribution is 2.30. The Bertz CT molecular complexity index is 352. The van der Waals surface area contributed by atoms with Crippen molar-refractivity contribution in [3.8, 4) is 0 Å². The molecule has 0 fully saturated rings. The van der Waals surface area contributed by atoms with Gasteiger partial charge in [0.15, 0.2) is 0 Å². The zero-order valence-corrected chi connectivity index (χ0v) is 9.95. The molecule has 3 nitrogen and oxygen atoms in total. The van der Waals surface area contributed by atoms with Gasteiger partial charge in [-0.1, -0.05) is 13.8 Å². The Balaban J connectivity index is 2.45. The van der Waals surface area contributed by atoms with Crippen molar-refractivity contribution in [3.05, 3.63) is 17.2 Å². The highest BCUT2D eigenvalue weighted by molar-refractivity contribution is 5.22. The first-order valence-corrected chi connectivity index (χ1v) is 5.92. The van der Waals surface area contributed by atoms with Gasteiger partial charge in [-0.25, -0.2) is 4.98 Å². The van der Waals surface area contributed by atoms with Gasteiger partial charge in [-0.05, 0) is 25.7 Å². The molecule has 2 N–H and O–H groups in total. The minimum absolute atomic E-state index is 0.477. The molecule has 1 aromatic rings. The zero-order chi connectivity index (χ0) is 11.0. The first kappa shape index (κ1) is 10.7. The summed E-state index contributed by atoms with van der Waals surface area (Å²) in [6.07, 6.45) is 2.44. The second-order valence-corrected chi connectivity index (χ2v) is 4.82. The molecule has 1 atom stereocenters. The SMILES string of the molecule is Cc1c(C(C)C)nc2n1CCCC2CN. The monoisotopic (exact) mass is 207 g/mol. The van der Waals surface area contributed by atoms with E-state index >= 15 is 0 Å². The Morgan fingerprint density at radius 1 is 1.53 bits per heavy atom. The number of hydrogen-bond donors (Lipinski definition) is 1. The lowest BCUT2D eigenvalue weighted by molar-refractivity contribution is 0.443. The molecule has 0 saturated heterocycles. The van der Waals surface area contributed by atoms with Gasteiger partial charge in [0.25, 0.3) is 0 Å². The molecular formula is C12H21N3. The Hall–Kier alpha value is -0.830. The summed E-state index contributed by atoms with van der Waals surface area (Å²) in [5.74, 6) is 2.22. The van der Waals surface area contributed by atoms with Gasteiger partial charge in [-0.3, -0.25) is 0 Å². The highest BCUT2D eigenvalue weighted by atomic mass is 15.1. The molecule has 2 heterocycles. The van der Waals surface area contributed by atoms with Crippen LogP contribution in [0.1, 0.15) is 55.7 Å². The molecule has 1 aliphatic rings. The maximum atomic E-state index is 5.80. The van der Waals surface area contributed by atoms with Gasteiger partial charge in [-0.15, -0.1) is 0 Å². The van der Waals surface area contributed by atoms with Gasteiger partial charge >= 0.3 is 0 Å². The third-order valence-corrected chi connectivity index (χ3v) is 3.42. The molecule has 0 bridgehead atoms. The van der Waals surface area contributed by atoms with Crippen LogP contribution in [0.15, 0.2) is 0 Å². The summed E-state index contributed by atoms with van der Waals surface area (Å²) in [7, 11) is 0. The van der Waals surface area contributed by atoms with Crippen LogP contribution in [0.4, 0.5) is 0 Å². The van der Waals surface area contributed by atoms with Crippen molar-refractivity contribution in [3.63, 3.8) is 0 Å². The Labute approximate surface area is 91.7 Å². The summed E-state index contributed by atoms with van der Waals surface area (Å²) < 4.78 is 2.37. The van der Waals surface area contributed by atoms with Gasteiger partial charge in [-0.2, -0.15) is 0 Å². The van der Waals surface area contributed by atoms with Crippen molar-refractivity contribution >= 4 is 0 Å². The molecule has 15 heavy (non-hydrogen) atoms. The lowest BCUT2D eigenvalue weighted by atomic mass is 9.99. The van der Waals surface area contributed by atoms with E-state index in [1.807, 2.05) is 0 Å². The minimum atomic E-state index is 0.477. The summed E-state index contributed by atoms with van der Waals surface area (Å²) in [5.41, 5.74) is 8.40. The molecule has 0 radical (unpaired) electrons. The Kier molecular flexibility index (Phi) is 2.83. The summed E-state index contributed by atoms with van der Waals surface area (Å²) in [4.78, 5) is 4.79. The van der Waals surface area contributed by atoms with Crippen LogP contribution in [-0.4, -0.2) is 16.1 Å². The van der Waals surface area contributed by atoms with Crippen LogP contribution in [0.25, 0.3) is 0 Å². The smallest absolute Gasteiger partial charge is 0.113 e. The van der Waals surface area contributed by atoms with Crippen LogP contribution < -0.4 is 5.73 Å². The topological polar surface area (TPSA) is 43.8 Å². The summed E-state index contributed by atoms with van der Waals surface area (Å²) in [6.45, 7) is 8.45. The number of fused-ring (bicyclic) bond motifs is 1. The van der Waals surface area contributed by atoms with Crippen LogP contribution in [0.5, 0.6) is 0 Å². The predicted octanol–water partition coefficient (Wildman–Crippen LogP) is 2.15. The van der Waals surface area contributed by atoms with E-state index in [1.54, 1.807) is 0 Å². The van der Waals surface area contributed by atoms with Crippen molar-refractivity contribution in [1.29, 1.82) is 0 Å². The van der Waals surface area contributed by atoms with Gasteiger partial charge in [0.05, 0.1) is 5.69 Å². The molecule has 1 aromatic heterocycles. The normalized spacial score (nSPS) is 20.7. The third-order valence-electron chi connectivity index (χ3n) is 3.42. The van der Waals surface area contributed by atoms with Crippen molar-refractivity contribution < 1.29 is 0 Å². The third kappa shape index (κ3) is 1.69. The minimum Gasteiger partial charge on any atom is -0.332 e. The number of aromatic nitrogens is 2. The standard InChI is InChI=1S/C12H21N3/c1-8(2)11-9(3)15-6-4-5-10(7-13)12(15)14-11/h8,10H,4-7,13H2,1-3H3. The molecule has 0 aliphatic carbocycles. The highest BCUT2D eigenvalue weighted by Gasteiger charge is 2.25. The molecular weight excluding hydrogens is 186 g/mol. The maximum absolute atomic E-state index is 5.80. The van der Waals surface area contributed by atoms with Crippen LogP contribution in [0, 0.1) is 6.92 Å². The molecule has 0 amide bonds. The predicted molar refractivity (Wildman–Crippen MR) is 62.1 cm³/mol. The molecule has 0 aromatic carbocycles. The van der Waals surface area contributed by atoms with Crippen molar-refractivity contribution in [2.24, 2.45) is 5.73 Å². The fraction of sp³-hybridized carbons (Fsp3) is 0.750. The van der Waals surface area contributed by atoms with Crippen molar-refractivity contribution in [2.45, 2.75) is 52.0 Å². The average Bonchev–Trinajstić information content (AvgIpc) is 2.56. The Morgan fingerprint density at radius 3 is 2.87 bits per heavy atom. The largest absolute Gasteiger partial charge is 0.332 e. The van der Waals surface area contributed by atoms with Crippen molar-refractivity contribution in [2.75, 3.05) is 6.54 Å². The van der Waals surface area contributed by atoms with Crippen LogP contribution in [0.2, 0.25) is 0 Å². The summed E-state index contributed by atoms with van der Waals surface area (Å²) in [5, 5.41) is 0. The summed E-state index contributed by atoms with van der Waals surface area (Å²) in [6, 6.07) is 0. The van der Waals surface area contributed by atoms with Crippen molar-refractivity contribution in [1.82, 2.24) is 9.55 Å². The first-order chi connectivity index (χ1) is 7.15. The first-order valence-electron chi connectivity index (χ1n) is 5.92. The number of hydrogen-bond acceptors (Lipinski definition) is 2. The molecule has 3 heteroatoms. The van der Waals surface area contributed by atoms with E-state index in [2.05, 4.69) is 25.3 Å². The fourth-order valence-corrected chi connectivity index (χ4v) is 2.56. The number of nitrogens with zero attached hydrogens (tertiary/aromatic N) is 2. The molecule has 1 unspecified atom stereocenters. The molecule has 2 rings (SSSR count). The maximum Gasteiger partial charge on any atom is 0.113 e. The molecule has 0 saturated carbocycles. The second-order valence-electron chi connectivity index (χ2n) is 4.82. The van der Waals surface area contributed by atoms with E-state index in [0.717, 1.165) is 13.1 Å². The fourth-order valence-electron chi connectivity index (χ4n) is 2.56. The van der Waals surface area contributed by atoms with Gasteiger partial charge in [0.1, 0.15) is 5.82 Å². The number of imidazole rings is 1. The van der Waals surface area contributed by atoms with E-state index < -0.39 is 0 Å². The molecule has 0 spiro atoms. The van der Waals surface area contributed by atoms with E-state index in [0.29, 0.717) is 11.8 Å². The van der Waals surface area contributed by atoms with Gasteiger partial charge in [0, 0.05) is 24.7 Å². The lowest BCUT2D eigenvalue weighted by Gasteiger charge is -2.22. The quantitative estimate of drug-likeness (QED) is 0.807. The van der Waals surface area contributed by atoms with E-state index in [9.17, 15) is 0 Å². The second kappa shape index (κ2) is 3.97. The number of rotatable bonds is 2. The van der Waals surface area contributed by atoms with E-state index in [1.165, 1.54) is 30.1 Å². The van der Waals surface area contributed by atoms with Crippen LogP contribution >= 0.6 is 0 Å². The number of nitrogens with two attached hydrogens (primary N) is 1. The van der Waals surface area contributed by atoms with Crippen LogP contribution in [0.3, 0.4) is 0 Å². The zero-order valence-electron chi connectivity index (χ0n) is 9.95. The average molecular weight is 207 g/mol. The van der Waals surface area contributed by atoms with E-state index in [-0.39, 0.29) is 0 Å². The molecule has 84 valence electrons. The van der Waals surface area contributed by atoms with Gasteiger partial charge in [0.2, 0.25) is 0 Å². The lowest BCUT2D eigenvalue weighted by Crippen LogP contribution is -2.22. The summed E-state index contributed by atoms with van der Waals surface area (Å²) >= 11 is 0. The van der Waals surface area contributed by atoms with Gasteiger partial charge < -0.3 is 10.3 Å². The molecule has 1 aliphatic heterocycles. The van der Waals surface area contributed by atoms with Crippen LogP contribution in [-0.2, 0) is 6.54 Å².